The predicted molar refractivity (Wildman–Crippen MR) is 46.8 cm³/mol. The molecule has 0 radical (unpaired) electrons. The molecule has 2 saturated heterocycles. The zero-order chi connectivity index (χ0) is 8.13. The van der Waals surface area contributed by atoms with Gasteiger partial charge in [-0.25, -0.2) is 0 Å². The minimum absolute atomic E-state index is 0.0104. The van der Waals surface area contributed by atoms with Crippen molar-refractivity contribution in [1.29, 1.82) is 0 Å². The molecule has 4 atom stereocenters. The number of nitrogens with one attached hydrogen (secondary N) is 1. The Kier molecular flexibility index (Phi) is 1.50. The zero-order valence-corrected chi connectivity index (χ0v) is 7.37. The molecule has 0 aromatic rings. The van der Waals surface area contributed by atoms with E-state index in [0.717, 1.165) is 12.3 Å². The van der Waals surface area contributed by atoms with Crippen LogP contribution < -0.4 is 5.32 Å². The second-order valence-corrected chi connectivity index (χ2v) is 4.77. The summed E-state index contributed by atoms with van der Waals surface area (Å²) in [5, 5.41) is 13.6. The van der Waals surface area contributed by atoms with Gasteiger partial charge in [-0.2, -0.15) is 0 Å². The molecule has 2 heterocycles. The Bertz CT molecular complexity index is 190. The molecule has 0 spiro atoms. The average molecular weight is 167 g/mol. The molecule has 2 nitrogen and oxygen atoms in total. The van der Waals surface area contributed by atoms with Crippen molar-refractivity contribution >= 4 is 0 Å². The molecule has 3 aliphatic rings. The van der Waals surface area contributed by atoms with E-state index in [9.17, 15) is 5.11 Å². The van der Waals surface area contributed by atoms with Gasteiger partial charge in [0.1, 0.15) is 0 Å². The molecule has 2 heteroatoms. The summed E-state index contributed by atoms with van der Waals surface area (Å²) in [7, 11) is 0. The van der Waals surface area contributed by atoms with Crippen LogP contribution in [0.5, 0.6) is 0 Å². The van der Waals surface area contributed by atoms with E-state index in [1.54, 1.807) is 0 Å². The van der Waals surface area contributed by atoms with Gasteiger partial charge in [-0.05, 0) is 38.0 Å². The summed E-state index contributed by atoms with van der Waals surface area (Å²) in [5.74, 6) is 1.46. The second-order valence-electron chi connectivity index (χ2n) is 4.77. The summed E-state index contributed by atoms with van der Waals surface area (Å²) in [6.07, 6.45) is 6.36. The first-order chi connectivity index (χ1) is 5.84. The van der Waals surface area contributed by atoms with Gasteiger partial charge >= 0.3 is 0 Å². The zero-order valence-electron chi connectivity index (χ0n) is 7.37. The minimum atomic E-state index is 0.0104. The SMILES string of the molecule is OC1CC2CCC(N2)C1C1CC1. The topological polar surface area (TPSA) is 32.3 Å². The Morgan fingerprint density at radius 1 is 1.08 bits per heavy atom. The van der Waals surface area contributed by atoms with Gasteiger partial charge in [0.15, 0.2) is 0 Å². The van der Waals surface area contributed by atoms with Crippen molar-refractivity contribution in [1.82, 2.24) is 5.32 Å². The second kappa shape index (κ2) is 2.46. The molecule has 68 valence electrons. The third kappa shape index (κ3) is 1.01. The lowest BCUT2D eigenvalue weighted by atomic mass is 9.85. The Hall–Kier alpha value is -0.0800. The molecule has 3 rings (SSSR count). The summed E-state index contributed by atoms with van der Waals surface area (Å²) in [6, 6.07) is 1.30. The van der Waals surface area contributed by atoms with E-state index in [4.69, 9.17) is 0 Å². The molecule has 2 aliphatic heterocycles. The van der Waals surface area contributed by atoms with Gasteiger partial charge in [0.25, 0.3) is 0 Å². The fraction of sp³-hybridized carbons (Fsp3) is 1.00. The van der Waals surface area contributed by atoms with Crippen molar-refractivity contribution in [3.8, 4) is 0 Å². The summed E-state index contributed by atoms with van der Waals surface area (Å²) in [6.45, 7) is 0. The Morgan fingerprint density at radius 2 is 1.92 bits per heavy atom. The predicted octanol–water partition coefficient (Wildman–Crippen LogP) is 0.898. The number of piperidine rings is 1. The van der Waals surface area contributed by atoms with Crippen LogP contribution in [-0.4, -0.2) is 23.3 Å². The summed E-state index contributed by atoms with van der Waals surface area (Å²) < 4.78 is 0. The monoisotopic (exact) mass is 167 g/mol. The van der Waals surface area contributed by atoms with E-state index in [1.807, 2.05) is 0 Å². The summed E-state index contributed by atoms with van der Waals surface area (Å²) in [5.41, 5.74) is 0. The van der Waals surface area contributed by atoms with Gasteiger partial charge in [-0.3, -0.25) is 0 Å². The van der Waals surface area contributed by atoms with Crippen LogP contribution in [0, 0.1) is 11.8 Å². The van der Waals surface area contributed by atoms with E-state index in [1.165, 1.54) is 25.7 Å². The van der Waals surface area contributed by atoms with Crippen molar-refractivity contribution in [3.63, 3.8) is 0 Å². The largest absolute Gasteiger partial charge is 0.393 e. The smallest absolute Gasteiger partial charge is 0.0600 e. The highest BCUT2D eigenvalue weighted by Gasteiger charge is 2.47. The van der Waals surface area contributed by atoms with Crippen LogP contribution >= 0.6 is 0 Å². The normalized spacial score (nSPS) is 52.8. The highest BCUT2D eigenvalue weighted by atomic mass is 16.3. The standard InChI is InChI=1S/C10H17NO/c12-9-5-7-3-4-8(11-7)10(9)6-1-2-6/h6-12H,1-5H2. The van der Waals surface area contributed by atoms with Crippen molar-refractivity contribution in [2.45, 2.75) is 50.3 Å². The van der Waals surface area contributed by atoms with Gasteiger partial charge < -0.3 is 10.4 Å². The number of hydrogen-bond acceptors (Lipinski definition) is 2. The maximum absolute atomic E-state index is 9.92. The van der Waals surface area contributed by atoms with Crippen LogP contribution in [0.1, 0.15) is 32.1 Å². The maximum atomic E-state index is 9.92. The minimum Gasteiger partial charge on any atom is -0.393 e. The third-order valence-electron chi connectivity index (χ3n) is 3.88. The summed E-state index contributed by atoms with van der Waals surface area (Å²) >= 11 is 0. The molecular formula is C10H17NO. The summed E-state index contributed by atoms with van der Waals surface area (Å²) in [4.78, 5) is 0. The van der Waals surface area contributed by atoms with Crippen LogP contribution in [-0.2, 0) is 0 Å². The van der Waals surface area contributed by atoms with E-state index in [-0.39, 0.29) is 6.10 Å². The number of rotatable bonds is 1. The molecule has 2 N–H and O–H groups in total. The first kappa shape index (κ1) is 7.34. The highest BCUT2D eigenvalue weighted by molar-refractivity contribution is 5.02. The number of hydrogen-bond donors (Lipinski definition) is 2. The van der Waals surface area contributed by atoms with Gasteiger partial charge in [-0.1, -0.05) is 0 Å². The fourth-order valence-electron chi connectivity index (χ4n) is 3.18. The molecule has 0 amide bonds. The van der Waals surface area contributed by atoms with E-state index in [2.05, 4.69) is 5.32 Å². The fourth-order valence-corrected chi connectivity index (χ4v) is 3.18. The van der Waals surface area contributed by atoms with Crippen LogP contribution in [0.2, 0.25) is 0 Å². The quantitative estimate of drug-likeness (QED) is 0.608. The lowest BCUT2D eigenvalue weighted by Gasteiger charge is -2.34. The molecule has 0 aromatic heterocycles. The number of aliphatic hydroxyl groups excluding tert-OH is 1. The van der Waals surface area contributed by atoms with E-state index in [0.29, 0.717) is 18.0 Å². The number of fused-ring (bicyclic) bond motifs is 2. The molecular weight excluding hydrogens is 150 g/mol. The molecule has 12 heavy (non-hydrogen) atoms. The molecule has 0 aromatic carbocycles. The Labute approximate surface area is 73.4 Å². The van der Waals surface area contributed by atoms with Gasteiger partial charge in [0.05, 0.1) is 6.10 Å². The van der Waals surface area contributed by atoms with Crippen molar-refractivity contribution in [2.75, 3.05) is 0 Å². The van der Waals surface area contributed by atoms with Crippen molar-refractivity contribution in [2.24, 2.45) is 11.8 Å². The molecule has 3 fully saturated rings. The average Bonchev–Trinajstić information content (AvgIpc) is 2.76. The lowest BCUT2D eigenvalue weighted by Crippen LogP contribution is -2.48. The molecule has 2 bridgehead atoms. The molecule has 1 aliphatic carbocycles. The van der Waals surface area contributed by atoms with Crippen molar-refractivity contribution < 1.29 is 5.11 Å². The number of aliphatic hydroxyl groups is 1. The van der Waals surface area contributed by atoms with E-state index >= 15 is 0 Å². The first-order valence-electron chi connectivity index (χ1n) is 5.29. The van der Waals surface area contributed by atoms with Gasteiger partial charge in [-0.15, -0.1) is 0 Å². The molecule has 4 unspecified atom stereocenters. The third-order valence-corrected chi connectivity index (χ3v) is 3.88. The van der Waals surface area contributed by atoms with Crippen LogP contribution in [0.25, 0.3) is 0 Å². The molecule has 1 saturated carbocycles. The first-order valence-corrected chi connectivity index (χ1v) is 5.29. The van der Waals surface area contributed by atoms with Crippen LogP contribution in [0.15, 0.2) is 0 Å². The van der Waals surface area contributed by atoms with Crippen LogP contribution in [0.4, 0.5) is 0 Å². The Balaban J connectivity index is 1.80. The van der Waals surface area contributed by atoms with Gasteiger partial charge in [0.2, 0.25) is 0 Å². The highest BCUT2D eigenvalue weighted by Crippen LogP contribution is 2.46. The van der Waals surface area contributed by atoms with E-state index < -0.39 is 0 Å². The van der Waals surface area contributed by atoms with Crippen LogP contribution in [0.3, 0.4) is 0 Å². The maximum Gasteiger partial charge on any atom is 0.0600 e. The van der Waals surface area contributed by atoms with Crippen molar-refractivity contribution in [3.05, 3.63) is 0 Å². The van der Waals surface area contributed by atoms with Gasteiger partial charge in [0, 0.05) is 18.0 Å². The lowest BCUT2D eigenvalue weighted by molar-refractivity contribution is 0.0409. The Morgan fingerprint density at radius 3 is 2.67 bits per heavy atom.